The molecule has 0 spiro atoms. The summed E-state index contributed by atoms with van der Waals surface area (Å²) in [6.45, 7) is 3.81. The Bertz CT molecular complexity index is 574. The van der Waals surface area contributed by atoms with E-state index in [0.717, 1.165) is 73.7 Å². The summed E-state index contributed by atoms with van der Waals surface area (Å²) in [7, 11) is 0.342. The van der Waals surface area contributed by atoms with Crippen molar-refractivity contribution >= 4 is 20.2 Å². The van der Waals surface area contributed by atoms with Crippen LogP contribution >= 0.6 is 0 Å². The molecule has 0 rings (SSSR count). The van der Waals surface area contributed by atoms with Crippen molar-refractivity contribution < 1.29 is 34.9 Å². The fourth-order valence-electron chi connectivity index (χ4n) is 3.29. The first-order valence-electron chi connectivity index (χ1n) is 10.1. The average Bonchev–Trinajstić information content (AvgIpc) is 2.50. The summed E-state index contributed by atoms with van der Waals surface area (Å²) in [5.74, 6) is -0.540. The van der Waals surface area contributed by atoms with Gasteiger partial charge in [0, 0.05) is 11.5 Å². The van der Waals surface area contributed by atoms with E-state index in [9.17, 15) is 25.9 Å². The van der Waals surface area contributed by atoms with Crippen LogP contribution in [0.3, 0.4) is 0 Å². The molecule has 0 fully saturated rings. The third-order valence-corrected chi connectivity index (χ3v) is 6.67. The van der Waals surface area contributed by atoms with Gasteiger partial charge in [-0.2, -0.15) is 0 Å². The second-order valence-electron chi connectivity index (χ2n) is 9.12. The van der Waals surface area contributed by atoms with Gasteiger partial charge in [0.1, 0.15) is 0 Å². The van der Waals surface area contributed by atoms with E-state index in [2.05, 4.69) is 28.2 Å². The fraction of sp³-hybridized carbons (Fsp3) is 1.00. The maximum atomic E-state index is 10.6. The average molecular weight is 445 g/mol. The van der Waals surface area contributed by atoms with E-state index in [-0.39, 0.29) is 11.5 Å². The van der Waals surface area contributed by atoms with Crippen molar-refractivity contribution in [2.75, 3.05) is 65.9 Å². The molecule has 0 N–H and O–H groups in total. The van der Waals surface area contributed by atoms with Crippen molar-refractivity contribution in [3.05, 3.63) is 0 Å². The molecule has 10 heteroatoms. The molecule has 0 atom stereocenters. The van der Waals surface area contributed by atoms with Gasteiger partial charge < -0.3 is 18.1 Å². The zero-order valence-electron chi connectivity index (χ0n) is 18.1. The predicted octanol–water partition coefficient (Wildman–Crippen LogP) is 1.35. The van der Waals surface area contributed by atoms with Crippen LogP contribution in [-0.2, 0) is 20.2 Å². The second kappa shape index (κ2) is 12.4. The Morgan fingerprint density at radius 1 is 0.500 bits per heavy atom. The normalized spacial score (nSPS) is 13.8. The lowest BCUT2D eigenvalue weighted by molar-refractivity contribution is -0.891. The summed E-state index contributed by atoms with van der Waals surface area (Å²) in [5.41, 5.74) is 0. The molecule has 0 aliphatic rings. The summed E-state index contributed by atoms with van der Waals surface area (Å²) in [6, 6.07) is 0. The van der Waals surface area contributed by atoms with Crippen LogP contribution in [0.1, 0.15) is 51.4 Å². The summed E-state index contributed by atoms with van der Waals surface area (Å²) in [4.78, 5) is 0. The lowest BCUT2D eigenvalue weighted by Crippen LogP contribution is -2.41. The van der Waals surface area contributed by atoms with Gasteiger partial charge in [0.2, 0.25) is 0 Å². The van der Waals surface area contributed by atoms with E-state index in [0.29, 0.717) is 12.8 Å². The second-order valence-corrected chi connectivity index (χ2v) is 12.2. The Morgan fingerprint density at radius 3 is 1.00 bits per heavy atom. The first-order chi connectivity index (χ1) is 12.6. The van der Waals surface area contributed by atoms with Crippen molar-refractivity contribution in [1.29, 1.82) is 0 Å². The molecule has 0 aromatic rings. The highest BCUT2D eigenvalue weighted by Gasteiger charge is 2.16. The van der Waals surface area contributed by atoms with Gasteiger partial charge in [0.25, 0.3) is 0 Å². The topological polar surface area (TPSA) is 114 Å². The van der Waals surface area contributed by atoms with Gasteiger partial charge in [0.05, 0.1) is 74.6 Å². The molecule has 8 nitrogen and oxygen atoms in total. The third-order valence-electron chi connectivity index (χ3n) is 5.09. The number of unbranched alkanes of at least 4 members (excludes halogenated alkanes) is 5. The van der Waals surface area contributed by atoms with Gasteiger partial charge in [-0.15, -0.1) is 0 Å². The number of quaternary nitrogens is 2. The minimum Gasteiger partial charge on any atom is -0.748 e. The lowest BCUT2D eigenvalue weighted by atomic mass is 10.1. The maximum absolute atomic E-state index is 10.6. The molecule has 0 unspecified atom stereocenters. The zero-order chi connectivity index (χ0) is 21.9. The van der Waals surface area contributed by atoms with E-state index in [1.165, 1.54) is 0 Å². The fourth-order valence-corrected chi connectivity index (χ4v) is 4.41. The highest BCUT2D eigenvalue weighted by atomic mass is 32.2. The lowest BCUT2D eigenvalue weighted by Gasteiger charge is -2.31. The minimum atomic E-state index is -4.09. The highest BCUT2D eigenvalue weighted by molar-refractivity contribution is 7.85. The van der Waals surface area contributed by atoms with Gasteiger partial charge in [-0.25, -0.2) is 16.8 Å². The summed E-state index contributed by atoms with van der Waals surface area (Å²) < 4.78 is 65.4. The maximum Gasteiger partial charge on any atom is 0.0945 e. The quantitative estimate of drug-likeness (QED) is 0.190. The Balaban J connectivity index is 3.79. The largest absolute Gasteiger partial charge is 0.748 e. The van der Waals surface area contributed by atoms with Crippen molar-refractivity contribution in [3.8, 4) is 0 Å². The van der Waals surface area contributed by atoms with Crippen LogP contribution in [-0.4, -0.2) is 101 Å². The van der Waals surface area contributed by atoms with Crippen LogP contribution in [0.25, 0.3) is 0 Å². The van der Waals surface area contributed by atoms with Crippen molar-refractivity contribution in [2.24, 2.45) is 0 Å². The molecule has 0 bridgehead atoms. The molecule has 0 aromatic heterocycles. The molecular formula is C18H40N2O6S2. The summed E-state index contributed by atoms with van der Waals surface area (Å²) in [6.07, 6.45) is 6.86. The first-order valence-corrected chi connectivity index (χ1v) is 13.3. The Morgan fingerprint density at radius 2 is 0.750 bits per heavy atom. The van der Waals surface area contributed by atoms with Crippen LogP contribution in [0.2, 0.25) is 0 Å². The van der Waals surface area contributed by atoms with Gasteiger partial charge in [-0.05, 0) is 51.4 Å². The van der Waals surface area contributed by atoms with E-state index in [1.807, 2.05) is 0 Å². The number of hydrogen-bond acceptors (Lipinski definition) is 6. The molecule has 0 aliphatic carbocycles. The minimum absolute atomic E-state index is 0.270. The number of nitrogens with zero attached hydrogens (tertiary/aromatic N) is 2. The van der Waals surface area contributed by atoms with Gasteiger partial charge in [-0.3, -0.25) is 0 Å². The smallest absolute Gasteiger partial charge is 0.0945 e. The van der Waals surface area contributed by atoms with Crippen molar-refractivity contribution in [2.45, 2.75) is 51.4 Å². The Labute approximate surface area is 172 Å². The van der Waals surface area contributed by atoms with E-state index >= 15 is 0 Å². The van der Waals surface area contributed by atoms with E-state index in [1.54, 1.807) is 0 Å². The molecule has 0 radical (unpaired) electrons. The molecule has 0 amide bonds. The number of hydrogen-bond donors (Lipinski definition) is 0. The SMILES string of the molecule is C[N+](C)(CCCCCC[N+](C)(C)CCCCS(=O)(=O)[O-])CCCCS(=O)(=O)[O-]. The monoisotopic (exact) mass is 444 g/mol. The Hall–Kier alpha value is -0.260. The molecule has 0 aromatic carbocycles. The highest BCUT2D eigenvalue weighted by Crippen LogP contribution is 2.11. The molecule has 0 aliphatic heterocycles. The number of rotatable bonds is 17. The van der Waals surface area contributed by atoms with Crippen LogP contribution in [0, 0.1) is 0 Å². The summed E-state index contributed by atoms with van der Waals surface area (Å²) in [5, 5.41) is 0. The first kappa shape index (κ1) is 27.7. The third kappa shape index (κ3) is 19.1. The molecule has 0 saturated heterocycles. The molecule has 28 heavy (non-hydrogen) atoms. The van der Waals surface area contributed by atoms with Crippen LogP contribution in [0.15, 0.2) is 0 Å². The van der Waals surface area contributed by atoms with Gasteiger partial charge in [-0.1, -0.05) is 0 Å². The molecule has 0 saturated carbocycles. The Kier molecular flexibility index (Phi) is 12.3. The van der Waals surface area contributed by atoms with Gasteiger partial charge >= 0.3 is 0 Å². The van der Waals surface area contributed by atoms with Crippen molar-refractivity contribution in [1.82, 2.24) is 0 Å². The molecule has 0 heterocycles. The predicted molar refractivity (Wildman–Crippen MR) is 110 cm³/mol. The van der Waals surface area contributed by atoms with E-state index < -0.39 is 20.2 Å². The standard InChI is InChI=1S/C18H40N2O6S2/c1-19(2,15-9-11-17-27(21,22)23)13-7-5-6-8-14-20(3,4)16-10-12-18-28(24,25)26/h5-18H2,1-4H3. The van der Waals surface area contributed by atoms with E-state index in [4.69, 9.17) is 0 Å². The van der Waals surface area contributed by atoms with Crippen LogP contribution < -0.4 is 0 Å². The van der Waals surface area contributed by atoms with Crippen LogP contribution in [0.4, 0.5) is 0 Å². The zero-order valence-corrected chi connectivity index (χ0v) is 19.7. The molecular weight excluding hydrogens is 404 g/mol. The molecule has 170 valence electrons. The summed E-state index contributed by atoms with van der Waals surface area (Å²) >= 11 is 0. The van der Waals surface area contributed by atoms with Crippen LogP contribution in [0.5, 0.6) is 0 Å². The van der Waals surface area contributed by atoms with Crippen molar-refractivity contribution in [3.63, 3.8) is 0 Å². The van der Waals surface area contributed by atoms with Gasteiger partial charge in [0.15, 0.2) is 0 Å².